The highest BCUT2D eigenvalue weighted by Gasteiger charge is 2.31. The van der Waals surface area contributed by atoms with Crippen molar-refractivity contribution in [2.24, 2.45) is 0 Å². The molecule has 2 N–H and O–H groups in total. The number of fused-ring (bicyclic) bond motifs is 1. The minimum atomic E-state index is -3.00. The van der Waals surface area contributed by atoms with E-state index in [-0.39, 0.29) is 18.2 Å². The molecule has 1 saturated heterocycles. The molecular formula is C15H20N2O3S. The molecule has 1 fully saturated rings. The van der Waals surface area contributed by atoms with Gasteiger partial charge in [0.25, 0.3) is 5.91 Å². The van der Waals surface area contributed by atoms with Crippen LogP contribution < -0.4 is 10.6 Å². The Morgan fingerprint density at radius 2 is 2.19 bits per heavy atom. The average Bonchev–Trinajstić information content (AvgIpc) is 2.83. The number of amides is 1. The van der Waals surface area contributed by atoms with Crippen LogP contribution in [0, 0.1) is 0 Å². The van der Waals surface area contributed by atoms with E-state index in [0.717, 1.165) is 25.1 Å². The summed E-state index contributed by atoms with van der Waals surface area (Å²) in [6.07, 6.45) is 2.33. The lowest BCUT2D eigenvalue weighted by Gasteiger charge is -2.18. The molecule has 0 bridgehead atoms. The van der Waals surface area contributed by atoms with E-state index < -0.39 is 15.1 Å². The van der Waals surface area contributed by atoms with E-state index in [1.807, 2.05) is 18.2 Å². The monoisotopic (exact) mass is 308 g/mol. The summed E-state index contributed by atoms with van der Waals surface area (Å²) >= 11 is 0. The molecule has 1 aromatic carbocycles. The van der Waals surface area contributed by atoms with Crippen molar-refractivity contribution in [3.8, 4) is 0 Å². The molecule has 1 amide bonds. The van der Waals surface area contributed by atoms with Crippen molar-refractivity contribution in [1.82, 2.24) is 10.6 Å². The van der Waals surface area contributed by atoms with Crippen molar-refractivity contribution in [2.75, 3.05) is 18.8 Å². The summed E-state index contributed by atoms with van der Waals surface area (Å²) < 4.78 is 23.5. The van der Waals surface area contributed by atoms with Crippen LogP contribution in [0.25, 0.3) is 0 Å². The van der Waals surface area contributed by atoms with Gasteiger partial charge >= 0.3 is 0 Å². The maximum Gasteiger partial charge on any atom is 0.251 e. The molecule has 21 heavy (non-hydrogen) atoms. The third kappa shape index (κ3) is 3.11. The van der Waals surface area contributed by atoms with Crippen molar-refractivity contribution < 1.29 is 13.2 Å². The Kier molecular flexibility index (Phi) is 3.99. The number of rotatable bonds is 3. The van der Waals surface area contributed by atoms with Gasteiger partial charge in [-0.3, -0.25) is 4.79 Å². The smallest absolute Gasteiger partial charge is 0.251 e. The van der Waals surface area contributed by atoms with Crippen LogP contribution in [0.4, 0.5) is 0 Å². The van der Waals surface area contributed by atoms with Crippen LogP contribution >= 0.6 is 0 Å². The summed E-state index contributed by atoms with van der Waals surface area (Å²) in [5.41, 5.74) is 3.04. The zero-order valence-electron chi connectivity index (χ0n) is 11.9. The first-order valence-corrected chi connectivity index (χ1v) is 9.10. The predicted molar refractivity (Wildman–Crippen MR) is 81.0 cm³/mol. The van der Waals surface area contributed by atoms with Crippen molar-refractivity contribution in [3.63, 3.8) is 0 Å². The average molecular weight is 308 g/mol. The number of benzene rings is 1. The van der Waals surface area contributed by atoms with Crippen LogP contribution in [0.2, 0.25) is 0 Å². The summed E-state index contributed by atoms with van der Waals surface area (Å²) in [4.78, 5) is 12.2. The molecule has 2 aliphatic rings. The largest absolute Gasteiger partial charge is 0.351 e. The fraction of sp³-hybridized carbons (Fsp3) is 0.533. The molecule has 114 valence electrons. The van der Waals surface area contributed by atoms with Crippen LogP contribution in [0.5, 0.6) is 0 Å². The Morgan fingerprint density at radius 1 is 1.33 bits per heavy atom. The number of nitrogens with one attached hydrogen (secondary N) is 2. The molecule has 2 aliphatic heterocycles. The highest BCUT2D eigenvalue weighted by Crippen LogP contribution is 2.19. The van der Waals surface area contributed by atoms with Gasteiger partial charge in [0, 0.05) is 18.7 Å². The molecule has 2 heterocycles. The summed E-state index contributed by atoms with van der Waals surface area (Å²) in [5.74, 6) is 0.0587. The van der Waals surface area contributed by atoms with Gasteiger partial charge in [-0.1, -0.05) is 6.07 Å². The lowest BCUT2D eigenvalue weighted by Crippen LogP contribution is -2.34. The summed E-state index contributed by atoms with van der Waals surface area (Å²) in [6, 6.07) is 5.72. The van der Waals surface area contributed by atoms with E-state index in [2.05, 4.69) is 10.6 Å². The van der Waals surface area contributed by atoms with Gasteiger partial charge in [-0.25, -0.2) is 8.42 Å². The van der Waals surface area contributed by atoms with Gasteiger partial charge in [-0.15, -0.1) is 0 Å². The van der Waals surface area contributed by atoms with E-state index >= 15 is 0 Å². The molecule has 6 heteroatoms. The zero-order chi connectivity index (χ0) is 14.9. The van der Waals surface area contributed by atoms with Gasteiger partial charge in [-0.2, -0.15) is 0 Å². The molecule has 0 saturated carbocycles. The van der Waals surface area contributed by atoms with Gasteiger partial charge in [0.1, 0.15) is 0 Å². The van der Waals surface area contributed by atoms with Crippen molar-refractivity contribution in [3.05, 3.63) is 34.9 Å². The molecule has 1 unspecified atom stereocenters. The fourth-order valence-electron chi connectivity index (χ4n) is 3.02. The normalized spacial score (nSPS) is 23.5. The maximum absolute atomic E-state index is 12.2. The predicted octanol–water partition coefficient (Wildman–Crippen LogP) is 0.639. The highest BCUT2D eigenvalue weighted by molar-refractivity contribution is 7.92. The summed E-state index contributed by atoms with van der Waals surface area (Å²) in [6.45, 7) is 1.97. The van der Waals surface area contributed by atoms with Crippen molar-refractivity contribution in [1.29, 1.82) is 0 Å². The summed E-state index contributed by atoms with van der Waals surface area (Å²) in [5, 5.41) is 5.63. The first kappa shape index (κ1) is 14.5. The third-order valence-electron chi connectivity index (χ3n) is 4.31. The fourth-order valence-corrected chi connectivity index (χ4v) is 4.78. The minimum absolute atomic E-state index is 0.189. The second-order valence-electron chi connectivity index (χ2n) is 5.75. The van der Waals surface area contributed by atoms with Crippen molar-refractivity contribution >= 4 is 15.7 Å². The third-order valence-corrected chi connectivity index (χ3v) is 6.58. The van der Waals surface area contributed by atoms with E-state index in [9.17, 15) is 13.2 Å². The first-order chi connectivity index (χ1) is 10.1. The first-order valence-electron chi connectivity index (χ1n) is 7.38. The van der Waals surface area contributed by atoms with Crippen LogP contribution in [-0.4, -0.2) is 38.4 Å². The molecule has 1 atom stereocenters. The number of carbonyl (C=O) groups is 1. The van der Waals surface area contributed by atoms with E-state index in [1.165, 1.54) is 5.56 Å². The van der Waals surface area contributed by atoms with Gasteiger partial charge < -0.3 is 10.6 Å². The van der Waals surface area contributed by atoms with Crippen molar-refractivity contribution in [2.45, 2.75) is 31.1 Å². The molecule has 1 aromatic rings. The van der Waals surface area contributed by atoms with Gasteiger partial charge in [0.05, 0.1) is 11.0 Å². The number of carbonyl (C=O) groups excluding carboxylic acids is 1. The van der Waals surface area contributed by atoms with Crippen LogP contribution in [-0.2, 0) is 22.8 Å². The second kappa shape index (κ2) is 5.77. The Labute approximate surface area is 125 Å². The molecule has 0 spiro atoms. The van der Waals surface area contributed by atoms with Gasteiger partial charge in [-0.05, 0) is 49.1 Å². The summed E-state index contributed by atoms with van der Waals surface area (Å²) in [7, 11) is -3.00. The topological polar surface area (TPSA) is 75.3 Å². The molecule has 0 aromatic heterocycles. The molecule has 0 radical (unpaired) electrons. The lowest BCUT2D eigenvalue weighted by molar-refractivity contribution is 0.0953. The van der Waals surface area contributed by atoms with Crippen LogP contribution in [0.15, 0.2) is 18.2 Å². The zero-order valence-corrected chi connectivity index (χ0v) is 12.7. The molecular weight excluding hydrogens is 288 g/mol. The van der Waals surface area contributed by atoms with Gasteiger partial charge in [0.2, 0.25) is 0 Å². The quantitative estimate of drug-likeness (QED) is 0.859. The minimum Gasteiger partial charge on any atom is -0.351 e. The molecule has 3 rings (SSSR count). The Balaban J connectivity index is 1.66. The van der Waals surface area contributed by atoms with Gasteiger partial charge in [0.15, 0.2) is 9.84 Å². The molecule has 5 nitrogen and oxygen atoms in total. The Bertz CT molecular complexity index is 655. The van der Waals surface area contributed by atoms with Crippen LogP contribution in [0.3, 0.4) is 0 Å². The van der Waals surface area contributed by atoms with E-state index in [1.54, 1.807) is 0 Å². The number of hydrogen-bond acceptors (Lipinski definition) is 4. The van der Waals surface area contributed by atoms with E-state index in [4.69, 9.17) is 0 Å². The Hall–Kier alpha value is -1.40. The highest BCUT2D eigenvalue weighted by atomic mass is 32.2. The molecule has 0 aliphatic carbocycles. The Morgan fingerprint density at radius 3 is 2.95 bits per heavy atom. The van der Waals surface area contributed by atoms with Crippen LogP contribution in [0.1, 0.15) is 34.3 Å². The number of hydrogen-bond donors (Lipinski definition) is 2. The standard InChI is InChI=1S/C15H20N2O3S/c18-15(17-10-14-2-1-7-21(14,19)20)12-4-3-11-5-6-16-9-13(11)8-12/h3-4,8,14,16H,1-2,5-7,9-10H2,(H,17,18). The number of sulfone groups is 1. The maximum atomic E-state index is 12.2. The second-order valence-corrected chi connectivity index (χ2v) is 8.15. The lowest BCUT2D eigenvalue weighted by atomic mass is 9.98. The SMILES string of the molecule is O=C(NCC1CCCS1(=O)=O)c1ccc2c(c1)CNCC2. The van der Waals surface area contributed by atoms with E-state index in [0.29, 0.717) is 18.4 Å².